The molecule has 3 aromatic rings. The summed E-state index contributed by atoms with van der Waals surface area (Å²) in [5, 5.41) is 7.73. The first-order valence-electron chi connectivity index (χ1n) is 7.68. The van der Waals surface area contributed by atoms with Gasteiger partial charge in [0.15, 0.2) is 0 Å². The van der Waals surface area contributed by atoms with Crippen molar-refractivity contribution in [2.45, 2.75) is 20.8 Å². The average molecular weight is 375 g/mol. The molecule has 128 valence electrons. The number of rotatable bonds is 3. The molecule has 0 fully saturated rings. The standard InChI is InChI=1S/C19H16Cl2N2O2/c1-10-6-4-9-15(11(10)2)22-19(24)16-12(3)25-23-18(16)17-13(20)7-5-8-14(17)21/h4-9H,1-3H3,(H,22,24). The third-order valence-electron chi connectivity index (χ3n) is 4.14. The quantitative estimate of drug-likeness (QED) is 0.627. The number of aromatic nitrogens is 1. The summed E-state index contributed by atoms with van der Waals surface area (Å²) < 4.78 is 5.24. The van der Waals surface area contributed by atoms with E-state index in [1.165, 1.54) is 0 Å². The first-order chi connectivity index (χ1) is 11.9. The van der Waals surface area contributed by atoms with E-state index in [-0.39, 0.29) is 5.91 Å². The molecule has 1 aromatic heterocycles. The third kappa shape index (κ3) is 3.28. The Hall–Kier alpha value is -2.30. The van der Waals surface area contributed by atoms with Crippen molar-refractivity contribution in [3.63, 3.8) is 0 Å². The van der Waals surface area contributed by atoms with Crippen molar-refractivity contribution in [3.8, 4) is 11.3 Å². The minimum absolute atomic E-state index is 0.316. The number of aryl methyl sites for hydroxylation is 2. The van der Waals surface area contributed by atoms with Gasteiger partial charge >= 0.3 is 0 Å². The van der Waals surface area contributed by atoms with Gasteiger partial charge in [-0.2, -0.15) is 0 Å². The Labute approximate surface area is 155 Å². The lowest BCUT2D eigenvalue weighted by atomic mass is 10.0. The largest absolute Gasteiger partial charge is 0.360 e. The van der Waals surface area contributed by atoms with E-state index >= 15 is 0 Å². The Morgan fingerprint density at radius 2 is 1.68 bits per heavy atom. The molecular weight excluding hydrogens is 359 g/mol. The molecule has 6 heteroatoms. The van der Waals surface area contributed by atoms with Crippen LogP contribution in [0.25, 0.3) is 11.3 Å². The summed E-state index contributed by atoms with van der Waals surface area (Å²) in [5.74, 6) is 0.0761. The zero-order chi connectivity index (χ0) is 18.1. The molecule has 0 aliphatic rings. The molecule has 4 nitrogen and oxygen atoms in total. The van der Waals surface area contributed by atoms with Crippen LogP contribution in [0.4, 0.5) is 5.69 Å². The number of amides is 1. The normalized spacial score (nSPS) is 10.8. The maximum absolute atomic E-state index is 12.9. The van der Waals surface area contributed by atoms with Crippen LogP contribution in [0, 0.1) is 20.8 Å². The number of carbonyl (C=O) groups is 1. The van der Waals surface area contributed by atoms with Crippen molar-refractivity contribution >= 4 is 34.8 Å². The van der Waals surface area contributed by atoms with Crippen LogP contribution < -0.4 is 5.32 Å². The minimum Gasteiger partial charge on any atom is -0.360 e. The summed E-state index contributed by atoms with van der Waals surface area (Å²) in [6, 6.07) is 10.9. The van der Waals surface area contributed by atoms with E-state index < -0.39 is 0 Å². The zero-order valence-corrected chi connectivity index (χ0v) is 15.5. The molecule has 0 aliphatic carbocycles. The van der Waals surface area contributed by atoms with Gasteiger partial charge in [0, 0.05) is 11.3 Å². The number of anilines is 1. The van der Waals surface area contributed by atoms with E-state index in [0.717, 1.165) is 16.8 Å². The van der Waals surface area contributed by atoms with Crippen molar-refractivity contribution in [1.82, 2.24) is 5.16 Å². The third-order valence-corrected chi connectivity index (χ3v) is 4.77. The molecule has 1 N–H and O–H groups in total. The summed E-state index contributed by atoms with van der Waals surface area (Å²) in [5.41, 5.74) is 3.96. The van der Waals surface area contributed by atoms with Gasteiger partial charge in [0.1, 0.15) is 17.0 Å². The van der Waals surface area contributed by atoms with Gasteiger partial charge < -0.3 is 9.84 Å². The summed E-state index contributed by atoms with van der Waals surface area (Å²) in [6.07, 6.45) is 0. The van der Waals surface area contributed by atoms with Crippen LogP contribution in [-0.4, -0.2) is 11.1 Å². The molecule has 0 spiro atoms. The number of halogens is 2. The first-order valence-corrected chi connectivity index (χ1v) is 8.44. The number of nitrogens with zero attached hydrogens (tertiary/aromatic N) is 1. The minimum atomic E-state index is -0.321. The number of nitrogens with one attached hydrogen (secondary N) is 1. The molecule has 0 bridgehead atoms. The van der Waals surface area contributed by atoms with E-state index in [1.807, 2.05) is 32.0 Å². The van der Waals surface area contributed by atoms with Gasteiger partial charge in [0.05, 0.1) is 10.0 Å². The molecular formula is C19H16Cl2N2O2. The number of carbonyl (C=O) groups excluding carboxylic acids is 1. The van der Waals surface area contributed by atoms with Gasteiger partial charge in [0.2, 0.25) is 0 Å². The molecule has 0 radical (unpaired) electrons. The molecule has 3 rings (SSSR count). The molecule has 0 aliphatic heterocycles. The van der Waals surface area contributed by atoms with E-state index in [9.17, 15) is 4.79 Å². The lowest BCUT2D eigenvalue weighted by Gasteiger charge is -2.11. The average Bonchev–Trinajstić information content (AvgIpc) is 2.93. The molecule has 0 atom stereocenters. The molecule has 0 saturated carbocycles. The predicted octanol–water partition coefficient (Wildman–Crippen LogP) is 5.83. The highest BCUT2D eigenvalue weighted by Crippen LogP contribution is 2.37. The van der Waals surface area contributed by atoms with E-state index in [0.29, 0.717) is 32.6 Å². The van der Waals surface area contributed by atoms with Crippen LogP contribution >= 0.6 is 23.2 Å². The lowest BCUT2D eigenvalue weighted by Crippen LogP contribution is -2.14. The number of hydrogen-bond donors (Lipinski definition) is 1. The highest BCUT2D eigenvalue weighted by Gasteiger charge is 2.25. The van der Waals surface area contributed by atoms with E-state index in [2.05, 4.69) is 10.5 Å². The van der Waals surface area contributed by atoms with Gasteiger partial charge in [0.25, 0.3) is 5.91 Å². The van der Waals surface area contributed by atoms with Crippen molar-refractivity contribution in [1.29, 1.82) is 0 Å². The monoisotopic (exact) mass is 374 g/mol. The van der Waals surface area contributed by atoms with E-state index in [4.69, 9.17) is 27.7 Å². The summed E-state index contributed by atoms with van der Waals surface area (Å²) in [4.78, 5) is 12.9. The van der Waals surface area contributed by atoms with Gasteiger partial charge in [-0.1, -0.05) is 46.6 Å². The highest BCUT2D eigenvalue weighted by atomic mass is 35.5. The van der Waals surface area contributed by atoms with Crippen molar-refractivity contribution in [2.75, 3.05) is 5.32 Å². The zero-order valence-electron chi connectivity index (χ0n) is 14.0. The maximum atomic E-state index is 12.9. The smallest absolute Gasteiger partial charge is 0.261 e. The van der Waals surface area contributed by atoms with Gasteiger partial charge in [-0.05, 0) is 50.1 Å². The topological polar surface area (TPSA) is 55.1 Å². The van der Waals surface area contributed by atoms with Crippen molar-refractivity contribution in [2.24, 2.45) is 0 Å². The second-order valence-corrected chi connectivity index (χ2v) is 6.58. The molecule has 1 heterocycles. The first kappa shape index (κ1) is 17.5. The second kappa shape index (κ2) is 6.90. The van der Waals surface area contributed by atoms with Crippen molar-refractivity contribution < 1.29 is 9.32 Å². The Balaban J connectivity index is 2.05. The Kier molecular flexibility index (Phi) is 4.84. The summed E-state index contributed by atoms with van der Waals surface area (Å²) in [7, 11) is 0. The fourth-order valence-corrected chi connectivity index (χ4v) is 3.18. The fraction of sp³-hybridized carbons (Fsp3) is 0.158. The van der Waals surface area contributed by atoms with Gasteiger partial charge in [-0.15, -0.1) is 0 Å². The maximum Gasteiger partial charge on any atom is 0.261 e. The van der Waals surface area contributed by atoms with Gasteiger partial charge in [-0.25, -0.2) is 0 Å². The Bertz CT molecular complexity index is 944. The Morgan fingerprint density at radius 1 is 1.04 bits per heavy atom. The predicted molar refractivity (Wildman–Crippen MR) is 101 cm³/mol. The van der Waals surface area contributed by atoms with Crippen LogP contribution in [0.2, 0.25) is 10.0 Å². The van der Waals surface area contributed by atoms with Gasteiger partial charge in [-0.3, -0.25) is 4.79 Å². The van der Waals surface area contributed by atoms with E-state index in [1.54, 1.807) is 25.1 Å². The molecule has 2 aromatic carbocycles. The second-order valence-electron chi connectivity index (χ2n) is 5.76. The number of hydrogen-bond acceptors (Lipinski definition) is 3. The van der Waals surface area contributed by atoms with Crippen LogP contribution in [0.15, 0.2) is 40.9 Å². The van der Waals surface area contributed by atoms with Crippen molar-refractivity contribution in [3.05, 3.63) is 68.9 Å². The SMILES string of the molecule is Cc1cccc(NC(=O)c2c(-c3c(Cl)cccc3Cl)noc2C)c1C. The lowest BCUT2D eigenvalue weighted by molar-refractivity contribution is 0.102. The molecule has 25 heavy (non-hydrogen) atoms. The van der Waals surface area contributed by atoms with Crippen LogP contribution in [0.5, 0.6) is 0 Å². The highest BCUT2D eigenvalue weighted by molar-refractivity contribution is 6.39. The molecule has 0 saturated heterocycles. The Morgan fingerprint density at radius 3 is 2.36 bits per heavy atom. The summed E-state index contributed by atoms with van der Waals surface area (Å²) in [6.45, 7) is 5.63. The molecule has 0 unspecified atom stereocenters. The van der Waals surface area contributed by atoms with Crippen LogP contribution in [-0.2, 0) is 0 Å². The fourth-order valence-electron chi connectivity index (χ4n) is 2.61. The van der Waals surface area contributed by atoms with Crippen LogP contribution in [0.1, 0.15) is 27.2 Å². The number of benzene rings is 2. The summed E-state index contributed by atoms with van der Waals surface area (Å²) >= 11 is 12.5. The molecule has 1 amide bonds. The van der Waals surface area contributed by atoms with Crippen LogP contribution in [0.3, 0.4) is 0 Å².